The van der Waals surface area contributed by atoms with Gasteiger partial charge < -0.3 is 9.64 Å². The number of nitrogens with zero attached hydrogens (tertiary/aromatic N) is 1. The summed E-state index contributed by atoms with van der Waals surface area (Å²) in [5, 5.41) is 0. The SMILES string of the molecule is C#C[C@H]1OC(=O)N(C)CC1(C)C. The van der Waals surface area contributed by atoms with Crippen LogP contribution in [0.1, 0.15) is 13.8 Å². The summed E-state index contributed by atoms with van der Waals surface area (Å²) in [7, 11) is 1.71. The summed E-state index contributed by atoms with van der Waals surface area (Å²) in [6.07, 6.45) is 4.50. The topological polar surface area (TPSA) is 29.5 Å². The monoisotopic (exact) mass is 167 g/mol. The lowest BCUT2D eigenvalue weighted by atomic mass is 9.85. The maximum atomic E-state index is 11.1. The average molecular weight is 167 g/mol. The number of carbonyl (C=O) groups excluding carboxylic acids is 1. The number of cyclic esters (lactones) is 1. The number of ether oxygens (including phenoxy) is 1. The largest absolute Gasteiger partial charge is 0.432 e. The van der Waals surface area contributed by atoms with Gasteiger partial charge in [0.15, 0.2) is 6.10 Å². The summed E-state index contributed by atoms with van der Waals surface area (Å²) in [5.74, 6) is 2.48. The van der Waals surface area contributed by atoms with Crippen LogP contribution in [0.15, 0.2) is 0 Å². The van der Waals surface area contributed by atoms with E-state index in [4.69, 9.17) is 11.2 Å². The Bertz CT molecular complexity index is 239. The molecule has 0 bridgehead atoms. The summed E-state index contributed by atoms with van der Waals surface area (Å²) >= 11 is 0. The molecule has 1 saturated heterocycles. The second kappa shape index (κ2) is 2.71. The maximum Gasteiger partial charge on any atom is 0.410 e. The highest BCUT2D eigenvalue weighted by Crippen LogP contribution is 2.28. The molecule has 1 rings (SSSR count). The molecule has 1 heterocycles. The van der Waals surface area contributed by atoms with Gasteiger partial charge in [0.2, 0.25) is 0 Å². The van der Waals surface area contributed by atoms with Gasteiger partial charge in [-0.25, -0.2) is 4.79 Å². The van der Waals surface area contributed by atoms with Crippen LogP contribution in [0.2, 0.25) is 0 Å². The van der Waals surface area contributed by atoms with Gasteiger partial charge in [-0.15, -0.1) is 6.42 Å². The minimum atomic E-state index is -0.402. The molecule has 3 nitrogen and oxygen atoms in total. The zero-order chi connectivity index (χ0) is 9.35. The van der Waals surface area contributed by atoms with Crippen molar-refractivity contribution in [2.24, 2.45) is 5.41 Å². The molecule has 0 aromatic rings. The highest BCUT2D eigenvalue weighted by atomic mass is 16.6. The van der Waals surface area contributed by atoms with Crippen LogP contribution in [0.4, 0.5) is 4.79 Å². The number of hydrogen-bond donors (Lipinski definition) is 0. The fourth-order valence-corrected chi connectivity index (χ4v) is 1.37. The van der Waals surface area contributed by atoms with E-state index in [1.165, 1.54) is 4.90 Å². The number of hydrogen-bond acceptors (Lipinski definition) is 2. The minimum absolute atomic E-state index is 0.155. The number of terminal acetylenes is 1. The Hall–Kier alpha value is -1.17. The average Bonchev–Trinajstić information content (AvgIpc) is 1.96. The molecule has 0 aliphatic carbocycles. The second-order valence-electron chi connectivity index (χ2n) is 3.78. The lowest BCUT2D eigenvalue weighted by molar-refractivity contribution is -0.0147. The van der Waals surface area contributed by atoms with Crippen LogP contribution >= 0.6 is 0 Å². The number of carbonyl (C=O) groups is 1. The first-order valence-corrected chi connectivity index (χ1v) is 3.85. The lowest BCUT2D eigenvalue weighted by Crippen LogP contribution is -2.50. The van der Waals surface area contributed by atoms with E-state index in [0.717, 1.165) is 0 Å². The van der Waals surface area contributed by atoms with Gasteiger partial charge >= 0.3 is 6.09 Å². The van der Waals surface area contributed by atoms with Crippen molar-refractivity contribution in [2.45, 2.75) is 20.0 Å². The van der Waals surface area contributed by atoms with Crippen molar-refractivity contribution < 1.29 is 9.53 Å². The van der Waals surface area contributed by atoms with E-state index < -0.39 is 6.10 Å². The van der Waals surface area contributed by atoms with Gasteiger partial charge in [0, 0.05) is 19.0 Å². The van der Waals surface area contributed by atoms with E-state index in [9.17, 15) is 4.79 Å². The van der Waals surface area contributed by atoms with Crippen molar-refractivity contribution >= 4 is 6.09 Å². The van der Waals surface area contributed by atoms with E-state index in [0.29, 0.717) is 6.54 Å². The molecule has 1 aliphatic heterocycles. The van der Waals surface area contributed by atoms with Gasteiger partial charge in [-0.1, -0.05) is 19.8 Å². The lowest BCUT2D eigenvalue weighted by Gasteiger charge is -2.39. The summed E-state index contributed by atoms with van der Waals surface area (Å²) in [5.41, 5.74) is -0.155. The van der Waals surface area contributed by atoms with Crippen molar-refractivity contribution in [2.75, 3.05) is 13.6 Å². The van der Waals surface area contributed by atoms with Gasteiger partial charge in [-0.3, -0.25) is 0 Å². The van der Waals surface area contributed by atoms with Crippen LogP contribution < -0.4 is 0 Å². The number of rotatable bonds is 0. The Kier molecular flexibility index (Phi) is 2.01. The van der Waals surface area contributed by atoms with E-state index in [1.54, 1.807) is 7.05 Å². The Balaban J connectivity index is 2.81. The molecular formula is C9H13NO2. The van der Waals surface area contributed by atoms with Crippen LogP contribution in [-0.2, 0) is 4.74 Å². The molecule has 0 saturated carbocycles. The van der Waals surface area contributed by atoms with Crippen LogP contribution in [0.5, 0.6) is 0 Å². The molecule has 1 fully saturated rings. The first-order chi connectivity index (χ1) is 5.47. The first kappa shape index (κ1) is 8.92. The highest BCUT2D eigenvalue weighted by molar-refractivity contribution is 5.69. The second-order valence-corrected chi connectivity index (χ2v) is 3.78. The Labute approximate surface area is 72.7 Å². The van der Waals surface area contributed by atoms with E-state index in [2.05, 4.69) is 5.92 Å². The fourth-order valence-electron chi connectivity index (χ4n) is 1.37. The van der Waals surface area contributed by atoms with Gasteiger partial charge in [-0.2, -0.15) is 0 Å². The van der Waals surface area contributed by atoms with Gasteiger partial charge in [0.1, 0.15) is 0 Å². The molecule has 0 radical (unpaired) electrons. The molecule has 1 amide bonds. The molecule has 0 aromatic heterocycles. The summed E-state index contributed by atoms with van der Waals surface area (Å²) in [6, 6.07) is 0. The molecule has 1 atom stereocenters. The zero-order valence-corrected chi connectivity index (χ0v) is 7.63. The quantitative estimate of drug-likeness (QED) is 0.505. The van der Waals surface area contributed by atoms with E-state index in [1.807, 2.05) is 13.8 Å². The number of amides is 1. The predicted molar refractivity (Wildman–Crippen MR) is 45.5 cm³/mol. The third kappa shape index (κ3) is 1.38. The highest BCUT2D eigenvalue weighted by Gasteiger charge is 2.38. The molecule has 0 aromatic carbocycles. The van der Waals surface area contributed by atoms with Crippen molar-refractivity contribution in [1.29, 1.82) is 0 Å². The normalized spacial score (nSPS) is 27.7. The van der Waals surface area contributed by atoms with Crippen molar-refractivity contribution in [1.82, 2.24) is 4.90 Å². The smallest absolute Gasteiger partial charge is 0.410 e. The molecule has 0 spiro atoms. The Morgan fingerprint density at radius 3 is 2.83 bits per heavy atom. The van der Waals surface area contributed by atoms with Crippen LogP contribution in [0.3, 0.4) is 0 Å². The van der Waals surface area contributed by atoms with Gasteiger partial charge in [-0.05, 0) is 0 Å². The Morgan fingerprint density at radius 1 is 1.75 bits per heavy atom. The van der Waals surface area contributed by atoms with E-state index >= 15 is 0 Å². The fraction of sp³-hybridized carbons (Fsp3) is 0.667. The summed E-state index contributed by atoms with van der Waals surface area (Å²) in [4.78, 5) is 12.6. The van der Waals surface area contributed by atoms with Crippen LogP contribution in [0.25, 0.3) is 0 Å². The standard InChI is InChI=1S/C9H13NO2/c1-5-7-9(2,3)6-10(4)8(11)12-7/h1,7H,6H2,2-4H3/t7-/m1/s1. The minimum Gasteiger partial charge on any atom is -0.432 e. The van der Waals surface area contributed by atoms with E-state index in [-0.39, 0.29) is 11.5 Å². The van der Waals surface area contributed by atoms with Crippen LogP contribution in [-0.4, -0.2) is 30.7 Å². The molecular weight excluding hydrogens is 154 g/mol. The van der Waals surface area contributed by atoms with Crippen molar-refractivity contribution in [3.63, 3.8) is 0 Å². The maximum absolute atomic E-state index is 11.1. The van der Waals surface area contributed by atoms with Gasteiger partial charge in [0.05, 0.1) is 0 Å². The molecule has 1 aliphatic rings. The Morgan fingerprint density at radius 2 is 2.33 bits per heavy atom. The molecule has 0 unspecified atom stereocenters. The third-order valence-corrected chi connectivity index (χ3v) is 2.04. The molecule has 3 heteroatoms. The predicted octanol–water partition coefficient (Wildman–Crippen LogP) is 1.10. The van der Waals surface area contributed by atoms with Crippen molar-refractivity contribution in [3.05, 3.63) is 0 Å². The van der Waals surface area contributed by atoms with Gasteiger partial charge in [0.25, 0.3) is 0 Å². The molecule has 0 N–H and O–H groups in total. The zero-order valence-electron chi connectivity index (χ0n) is 7.63. The first-order valence-electron chi connectivity index (χ1n) is 3.85. The molecule has 12 heavy (non-hydrogen) atoms. The third-order valence-electron chi connectivity index (χ3n) is 2.04. The molecule has 66 valence electrons. The summed E-state index contributed by atoms with van der Waals surface area (Å²) in [6.45, 7) is 4.61. The van der Waals surface area contributed by atoms with Crippen LogP contribution in [0, 0.1) is 17.8 Å². The van der Waals surface area contributed by atoms with Crippen molar-refractivity contribution in [3.8, 4) is 12.3 Å². The summed E-state index contributed by atoms with van der Waals surface area (Å²) < 4.78 is 5.01.